The van der Waals surface area contributed by atoms with E-state index in [4.69, 9.17) is 0 Å². The minimum absolute atomic E-state index is 0.248. The van der Waals surface area contributed by atoms with Gasteiger partial charge in [-0.25, -0.2) is 0 Å². The number of nitrogens with one attached hydrogen (secondary N) is 1. The van der Waals surface area contributed by atoms with Crippen LogP contribution >= 0.6 is 0 Å². The molecule has 102 valence electrons. The van der Waals surface area contributed by atoms with Crippen molar-refractivity contribution in [2.24, 2.45) is 0 Å². The van der Waals surface area contributed by atoms with Gasteiger partial charge in [0.05, 0.1) is 6.10 Å². The molecule has 1 amide bonds. The molecule has 0 bridgehead atoms. The fourth-order valence-electron chi connectivity index (χ4n) is 1.97. The maximum Gasteiger partial charge on any atom is 0.207 e. The van der Waals surface area contributed by atoms with Crippen molar-refractivity contribution in [1.29, 1.82) is 0 Å². The second-order valence-electron chi connectivity index (χ2n) is 4.78. The highest BCUT2D eigenvalue weighted by molar-refractivity contribution is 5.45. The Labute approximate surface area is 106 Å². The highest BCUT2D eigenvalue weighted by atomic mass is 16.3. The van der Waals surface area contributed by atoms with Crippen LogP contribution < -0.4 is 5.32 Å². The molecule has 0 aliphatic carbocycles. The summed E-state index contributed by atoms with van der Waals surface area (Å²) in [6.07, 6.45) is 12.3. The first-order valence-corrected chi connectivity index (χ1v) is 7.16. The molecule has 0 spiro atoms. The van der Waals surface area contributed by atoms with Crippen LogP contribution in [0.3, 0.4) is 0 Å². The molecule has 0 heterocycles. The average molecular weight is 243 g/mol. The van der Waals surface area contributed by atoms with Crippen molar-refractivity contribution < 1.29 is 9.90 Å². The van der Waals surface area contributed by atoms with Gasteiger partial charge in [-0.2, -0.15) is 0 Å². The molecule has 0 aromatic carbocycles. The number of aliphatic hydroxyl groups is 1. The van der Waals surface area contributed by atoms with Gasteiger partial charge in [0.1, 0.15) is 0 Å². The third kappa shape index (κ3) is 13.4. The smallest absolute Gasteiger partial charge is 0.207 e. The molecule has 0 saturated heterocycles. The predicted molar refractivity (Wildman–Crippen MR) is 71.9 cm³/mol. The molecule has 1 unspecified atom stereocenters. The molecule has 0 fully saturated rings. The Morgan fingerprint density at radius 2 is 1.59 bits per heavy atom. The van der Waals surface area contributed by atoms with Crippen LogP contribution in [0.15, 0.2) is 0 Å². The highest BCUT2D eigenvalue weighted by Gasteiger charge is 2.02. The van der Waals surface area contributed by atoms with E-state index in [1.165, 1.54) is 44.9 Å². The van der Waals surface area contributed by atoms with Crippen LogP contribution in [0, 0.1) is 0 Å². The molecule has 1 atom stereocenters. The van der Waals surface area contributed by atoms with Gasteiger partial charge in [0.2, 0.25) is 6.41 Å². The van der Waals surface area contributed by atoms with Crippen LogP contribution in [0.1, 0.15) is 71.1 Å². The summed E-state index contributed by atoms with van der Waals surface area (Å²) in [5.41, 5.74) is 0. The first kappa shape index (κ1) is 16.4. The minimum atomic E-state index is -0.248. The van der Waals surface area contributed by atoms with Gasteiger partial charge in [0.25, 0.3) is 0 Å². The van der Waals surface area contributed by atoms with E-state index < -0.39 is 0 Å². The quantitative estimate of drug-likeness (QED) is 0.386. The van der Waals surface area contributed by atoms with E-state index in [2.05, 4.69) is 12.2 Å². The lowest BCUT2D eigenvalue weighted by molar-refractivity contribution is -0.109. The Hall–Kier alpha value is -0.570. The molecule has 2 N–H and O–H groups in total. The van der Waals surface area contributed by atoms with E-state index in [-0.39, 0.29) is 6.10 Å². The van der Waals surface area contributed by atoms with Gasteiger partial charge in [-0.1, -0.05) is 58.3 Å². The van der Waals surface area contributed by atoms with Crippen molar-refractivity contribution in [3.05, 3.63) is 0 Å². The first-order valence-electron chi connectivity index (χ1n) is 7.16. The Morgan fingerprint density at radius 3 is 2.18 bits per heavy atom. The molecular weight excluding hydrogens is 214 g/mol. The van der Waals surface area contributed by atoms with E-state index in [0.717, 1.165) is 12.8 Å². The minimum Gasteiger partial charge on any atom is -0.393 e. The van der Waals surface area contributed by atoms with Gasteiger partial charge in [0.15, 0.2) is 0 Å². The average Bonchev–Trinajstić information content (AvgIpc) is 2.33. The summed E-state index contributed by atoms with van der Waals surface area (Å²) in [5, 5.41) is 12.2. The summed E-state index contributed by atoms with van der Waals surface area (Å²) in [7, 11) is 0. The SMILES string of the molecule is CCCCCCCCCCC(O)CCNC=O. The molecule has 0 aliphatic heterocycles. The van der Waals surface area contributed by atoms with Crippen molar-refractivity contribution >= 4 is 6.41 Å². The zero-order valence-electron chi connectivity index (χ0n) is 11.3. The third-order valence-corrected chi connectivity index (χ3v) is 3.10. The zero-order chi connectivity index (χ0) is 12.8. The first-order chi connectivity index (χ1) is 8.31. The van der Waals surface area contributed by atoms with Gasteiger partial charge in [-0.3, -0.25) is 4.79 Å². The number of amides is 1. The lowest BCUT2D eigenvalue weighted by atomic mass is 10.0. The fraction of sp³-hybridized carbons (Fsp3) is 0.929. The van der Waals surface area contributed by atoms with E-state index in [1.807, 2.05) is 0 Å². The summed E-state index contributed by atoms with van der Waals surface area (Å²) >= 11 is 0. The second kappa shape index (κ2) is 13.5. The molecule has 3 heteroatoms. The molecule has 0 rings (SSSR count). The number of hydrogen-bond acceptors (Lipinski definition) is 2. The molecule has 17 heavy (non-hydrogen) atoms. The summed E-state index contributed by atoms with van der Waals surface area (Å²) in [5.74, 6) is 0. The predicted octanol–water partition coefficient (Wildman–Crippen LogP) is 3.01. The Bertz CT molecular complexity index is 162. The Morgan fingerprint density at radius 1 is 1.00 bits per heavy atom. The number of carbonyl (C=O) groups is 1. The third-order valence-electron chi connectivity index (χ3n) is 3.10. The Balaban J connectivity index is 3.08. The van der Waals surface area contributed by atoms with Crippen molar-refractivity contribution in [3.63, 3.8) is 0 Å². The summed E-state index contributed by atoms with van der Waals surface area (Å²) < 4.78 is 0. The molecule has 0 radical (unpaired) electrons. The fourth-order valence-corrected chi connectivity index (χ4v) is 1.97. The van der Waals surface area contributed by atoms with Crippen LogP contribution in [-0.2, 0) is 4.79 Å². The number of aliphatic hydroxyl groups excluding tert-OH is 1. The maximum absolute atomic E-state index is 10.0. The molecule has 3 nitrogen and oxygen atoms in total. The van der Waals surface area contributed by atoms with E-state index in [0.29, 0.717) is 19.4 Å². The van der Waals surface area contributed by atoms with Gasteiger partial charge in [-0.05, 0) is 12.8 Å². The van der Waals surface area contributed by atoms with Crippen molar-refractivity contribution in [3.8, 4) is 0 Å². The van der Waals surface area contributed by atoms with Gasteiger partial charge < -0.3 is 10.4 Å². The number of unbranched alkanes of at least 4 members (excludes halogenated alkanes) is 7. The second-order valence-corrected chi connectivity index (χ2v) is 4.78. The summed E-state index contributed by atoms with van der Waals surface area (Å²) in [4.78, 5) is 10.0. The summed E-state index contributed by atoms with van der Waals surface area (Å²) in [6, 6.07) is 0. The molecule has 0 aromatic rings. The zero-order valence-corrected chi connectivity index (χ0v) is 11.3. The van der Waals surface area contributed by atoms with Crippen LogP contribution in [0.2, 0.25) is 0 Å². The molecule has 0 saturated carbocycles. The summed E-state index contributed by atoms with van der Waals surface area (Å²) in [6.45, 7) is 2.82. The number of carbonyl (C=O) groups excluding carboxylic acids is 1. The van der Waals surface area contributed by atoms with Crippen LogP contribution in [0.4, 0.5) is 0 Å². The molecule has 0 aliphatic rings. The van der Waals surface area contributed by atoms with E-state index in [1.54, 1.807) is 0 Å². The number of rotatable bonds is 13. The van der Waals surface area contributed by atoms with Crippen LogP contribution in [-0.4, -0.2) is 24.2 Å². The van der Waals surface area contributed by atoms with Crippen molar-refractivity contribution in [2.45, 2.75) is 77.2 Å². The standard InChI is InChI=1S/C14H29NO2/c1-2-3-4-5-6-7-8-9-10-14(17)11-12-15-13-16/h13-14,17H,2-12H2,1H3,(H,15,16). The largest absolute Gasteiger partial charge is 0.393 e. The topological polar surface area (TPSA) is 49.3 Å². The molecular formula is C14H29NO2. The van der Waals surface area contributed by atoms with Crippen molar-refractivity contribution in [2.75, 3.05) is 6.54 Å². The molecule has 0 aromatic heterocycles. The van der Waals surface area contributed by atoms with Crippen molar-refractivity contribution in [1.82, 2.24) is 5.32 Å². The monoisotopic (exact) mass is 243 g/mol. The Kier molecular flexibility index (Phi) is 13.0. The van der Waals surface area contributed by atoms with Crippen LogP contribution in [0.25, 0.3) is 0 Å². The van der Waals surface area contributed by atoms with Gasteiger partial charge in [-0.15, -0.1) is 0 Å². The lowest BCUT2D eigenvalue weighted by Gasteiger charge is -2.09. The highest BCUT2D eigenvalue weighted by Crippen LogP contribution is 2.11. The lowest BCUT2D eigenvalue weighted by Crippen LogP contribution is -2.18. The number of hydrogen-bond donors (Lipinski definition) is 2. The van der Waals surface area contributed by atoms with Gasteiger partial charge >= 0.3 is 0 Å². The van der Waals surface area contributed by atoms with E-state index >= 15 is 0 Å². The maximum atomic E-state index is 10.0. The normalized spacial score (nSPS) is 12.4. The van der Waals surface area contributed by atoms with Gasteiger partial charge in [0, 0.05) is 6.54 Å². The van der Waals surface area contributed by atoms with E-state index in [9.17, 15) is 9.90 Å². The van der Waals surface area contributed by atoms with Crippen LogP contribution in [0.5, 0.6) is 0 Å².